The van der Waals surface area contributed by atoms with Crippen molar-refractivity contribution in [1.82, 2.24) is 5.32 Å². The van der Waals surface area contributed by atoms with Gasteiger partial charge >= 0.3 is 0 Å². The lowest BCUT2D eigenvalue weighted by Gasteiger charge is -2.25. The van der Waals surface area contributed by atoms with E-state index in [1.807, 2.05) is 6.92 Å². The molecule has 1 aliphatic heterocycles. The number of aryl methyl sites for hydroxylation is 1. The molecule has 2 atom stereocenters. The molecule has 1 saturated carbocycles. The average molecular weight is 284 g/mol. The molecule has 1 saturated heterocycles. The molecule has 1 aliphatic carbocycles. The second-order valence-electron chi connectivity index (χ2n) is 5.68. The lowest BCUT2D eigenvalue weighted by molar-refractivity contribution is 0.115. The van der Waals surface area contributed by atoms with E-state index in [0.29, 0.717) is 16.9 Å². The second kappa shape index (κ2) is 5.29. The minimum Gasteiger partial charge on any atom is -0.485 e. The number of halogens is 2. The summed E-state index contributed by atoms with van der Waals surface area (Å²) in [6, 6.07) is 3.13. The molecule has 0 spiro atoms. The van der Waals surface area contributed by atoms with Gasteiger partial charge in [-0.3, -0.25) is 0 Å². The van der Waals surface area contributed by atoms with Gasteiger partial charge in [0.25, 0.3) is 0 Å². The van der Waals surface area contributed by atoms with Crippen LogP contribution < -0.4 is 10.1 Å². The number of hydrogen-bond donors (Lipinski definition) is 1. The number of ether oxygens (including phenoxy) is 1. The molecule has 1 aromatic rings. The molecule has 2 fully saturated rings. The van der Waals surface area contributed by atoms with Crippen molar-refractivity contribution in [2.45, 2.75) is 32.3 Å². The molecule has 19 heavy (non-hydrogen) atoms. The van der Waals surface area contributed by atoms with Crippen LogP contribution in [0.25, 0.3) is 0 Å². The Bertz CT molecular complexity index is 469. The summed E-state index contributed by atoms with van der Waals surface area (Å²) in [5, 5.41) is 3.77. The lowest BCUT2D eigenvalue weighted by atomic mass is 9.97. The van der Waals surface area contributed by atoms with Gasteiger partial charge in [0.1, 0.15) is 6.10 Å². The summed E-state index contributed by atoms with van der Waals surface area (Å²) in [4.78, 5) is 0. The second-order valence-corrected chi connectivity index (χ2v) is 6.06. The van der Waals surface area contributed by atoms with Crippen molar-refractivity contribution in [2.75, 3.05) is 13.1 Å². The Morgan fingerprint density at radius 3 is 2.74 bits per heavy atom. The molecule has 1 unspecified atom stereocenters. The summed E-state index contributed by atoms with van der Waals surface area (Å²) in [7, 11) is 0. The first-order chi connectivity index (χ1) is 9.16. The Balaban J connectivity index is 1.83. The van der Waals surface area contributed by atoms with E-state index in [1.54, 1.807) is 6.07 Å². The van der Waals surface area contributed by atoms with Gasteiger partial charge in [-0.15, -0.1) is 0 Å². The zero-order valence-electron chi connectivity index (χ0n) is 11.1. The van der Waals surface area contributed by atoms with E-state index in [1.165, 1.54) is 18.9 Å². The topological polar surface area (TPSA) is 21.3 Å². The van der Waals surface area contributed by atoms with Gasteiger partial charge in [0.05, 0.1) is 5.02 Å². The first-order valence-corrected chi connectivity index (χ1v) is 7.36. The molecule has 0 bridgehead atoms. The number of rotatable bonds is 4. The summed E-state index contributed by atoms with van der Waals surface area (Å²) in [5.74, 6) is 0.932. The fourth-order valence-corrected chi connectivity index (χ4v) is 3.03. The normalized spacial score (nSPS) is 24.5. The van der Waals surface area contributed by atoms with Crippen LogP contribution in [0.1, 0.15) is 24.8 Å². The van der Waals surface area contributed by atoms with Gasteiger partial charge in [0.2, 0.25) is 0 Å². The van der Waals surface area contributed by atoms with Crippen molar-refractivity contribution >= 4 is 11.6 Å². The smallest absolute Gasteiger partial charge is 0.174 e. The van der Waals surface area contributed by atoms with Crippen LogP contribution in [0.15, 0.2) is 12.1 Å². The highest BCUT2D eigenvalue weighted by molar-refractivity contribution is 6.32. The van der Waals surface area contributed by atoms with Crippen LogP contribution in [-0.4, -0.2) is 19.2 Å². The highest BCUT2D eigenvalue weighted by Crippen LogP contribution is 2.42. The lowest BCUT2D eigenvalue weighted by Crippen LogP contribution is -2.31. The zero-order chi connectivity index (χ0) is 13.4. The molecule has 1 heterocycles. The fraction of sp³-hybridized carbons (Fsp3) is 0.600. The minimum atomic E-state index is -0.354. The molecule has 4 heteroatoms. The largest absolute Gasteiger partial charge is 0.485 e. The summed E-state index contributed by atoms with van der Waals surface area (Å²) >= 11 is 6.19. The fourth-order valence-electron chi connectivity index (χ4n) is 2.83. The monoisotopic (exact) mass is 283 g/mol. The van der Waals surface area contributed by atoms with Crippen LogP contribution >= 0.6 is 11.6 Å². The van der Waals surface area contributed by atoms with E-state index in [-0.39, 0.29) is 17.7 Å². The minimum absolute atomic E-state index is 0.101. The van der Waals surface area contributed by atoms with Crippen molar-refractivity contribution in [2.24, 2.45) is 11.8 Å². The van der Waals surface area contributed by atoms with Gasteiger partial charge in [-0.25, -0.2) is 4.39 Å². The van der Waals surface area contributed by atoms with Crippen molar-refractivity contribution < 1.29 is 9.13 Å². The van der Waals surface area contributed by atoms with E-state index in [4.69, 9.17) is 16.3 Å². The van der Waals surface area contributed by atoms with Crippen LogP contribution in [0, 0.1) is 24.6 Å². The van der Waals surface area contributed by atoms with Crippen molar-refractivity contribution in [3.63, 3.8) is 0 Å². The van der Waals surface area contributed by atoms with Crippen molar-refractivity contribution in [1.29, 1.82) is 0 Å². The van der Waals surface area contributed by atoms with Crippen LogP contribution in [0.2, 0.25) is 5.02 Å². The maximum atomic E-state index is 13.9. The van der Waals surface area contributed by atoms with E-state index in [9.17, 15) is 4.39 Å². The summed E-state index contributed by atoms with van der Waals surface area (Å²) in [5.41, 5.74) is 0.858. The van der Waals surface area contributed by atoms with E-state index in [0.717, 1.165) is 25.1 Å². The zero-order valence-corrected chi connectivity index (χ0v) is 11.8. The SMILES string of the molecule is Cc1ccc(F)c(OC(C2CC2)[C@H]2CCNC2)c1Cl. The van der Waals surface area contributed by atoms with Gasteiger partial charge in [0, 0.05) is 12.5 Å². The Morgan fingerprint density at radius 1 is 1.32 bits per heavy atom. The van der Waals surface area contributed by atoms with Crippen molar-refractivity contribution in [3.05, 3.63) is 28.5 Å². The first-order valence-electron chi connectivity index (χ1n) is 6.99. The highest BCUT2D eigenvalue weighted by atomic mass is 35.5. The van der Waals surface area contributed by atoms with Gasteiger partial charge < -0.3 is 10.1 Å². The van der Waals surface area contributed by atoms with Gasteiger partial charge in [-0.05, 0) is 50.3 Å². The Kier molecular flexibility index (Phi) is 3.68. The van der Waals surface area contributed by atoms with Gasteiger partial charge in [-0.1, -0.05) is 17.7 Å². The maximum Gasteiger partial charge on any atom is 0.174 e. The average Bonchev–Trinajstić information content (AvgIpc) is 3.09. The highest BCUT2D eigenvalue weighted by Gasteiger charge is 2.40. The van der Waals surface area contributed by atoms with Gasteiger partial charge in [-0.2, -0.15) is 0 Å². The van der Waals surface area contributed by atoms with Crippen LogP contribution in [-0.2, 0) is 0 Å². The third-order valence-electron chi connectivity index (χ3n) is 4.15. The molecular formula is C15H19ClFNO. The quantitative estimate of drug-likeness (QED) is 0.912. The molecule has 104 valence electrons. The van der Waals surface area contributed by atoms with Crippen LogP contribution in [0.4, 0.5) is 4.39 Å². The third kappa shape index (κ3) is 2.72. The standard InChI is InChI=1S/C15H19ClFNO/c1-9-2-5-12(17)15(13(9)16)19-14(10-3-4-10)11-6-7-18-8-11/h2,5,10-11,14,18H,3-4,6-8H2,1H3/t11-,14?/m0/s1. The predicted octanol–water partition coefficient (Wildman–Crippen LogP) is 3.55. The molecule has 0 amide bonds. The third-order valence-corrected chi connectivity index (χ3v) is 4.62. The van der Waals surface area contributed by atoms with E-state index < -0.39 is 0 Å². The Morgan fingerprint density at radius 2 is 2.11 bits per heavy atom. The van der Waals surface area contributed by atoms with Crippen molar-refractivity contribution in [3.8, 4) is 5.75 Å². The number of hydrogen-bond acceptors (Lipinski definition) is 2. The molecule has 0 aromatic heterocycles. The predicted molar refractivity (Wildman–Crippen MR) is 74.3 cm³/mol. The molecule has 2 aliphatic rings. The van der Waals surface area contributed by atoms with E-state index >= 15 is 0 Å². The number of nitrogens with one attached hydrogen (secondary N) is 1. The molecular weight excluding hydrogens is 265 g/mol. The summed E-state index contributed by atoms with van der Waals surface area (Å²) in [6.07, 6.45) is 3.58. The molecule has 0 radical (unpaired) electrons. The first kappa shape index (κ1) is 13.2. The Hall–Kier alpha value is -0.800. The Labute approximate surface area is 118 Å². The summed E-state index contributed by atoms with van der Waals surface area (Å²) < 4.78 is 20.0. The molecule has 1 aromatic carbocycles. The molecule has 3 rings (SSSR count). The number of benzene rings is 1. The van der Waals surface area contributed by atoms with Crippen LogP contribution in [0.5, 0.6) is 5.75 Å². The maximum absolute atomic E-state index is 13.9. The van der Waals surface area contributed by atoms with Gasteiger partial charge in [0.15, 0.2) is 11.6 Å². The van der Waals surface area contributed by atoms with Crippen LogP contribution in [0.3, 0.4) is 0 Å². The summed E-state index contributed by atoms with van der Waals surface area (Å²) in [6.45, 7) is 3.87. The molecule has 1 N–H and O–H groups in total. The molecule has 2 nitrogen and oxygen atoms in total. The van der Waals surface area contributed by atoms with E-state index in [2.05, 4.69) is 5.32 Å².